The third-order valence-electron chi connectivity index (χ3n) is 4.67. The third-order valence-corrected chi connectivity index (χ3v) is 4.67. The van der Waals surface area contributed by atoms with E-state index in [9.17, 15) is 14.9 Å². The number of carbonyl (C=O) groups excluding carboxylic acids is 1. The number of nitrogens with one attached hydrogen (secondary N) is 1. The minimum atomic E-state index is -0.504. The van der Waals surface area contributed by atoms with Crippen molar-refractivity contribution in [2.24, 2.45) is 0 Å². The molecule has 0 unspecified atom stereocenters. The number of amides is 1. The van der Waals surface area contributed by atoms with Gasteiger partial charge in [0.05, 0.1) is 11.5 Å². The summed E-state index contributed by atoms with van der Waals surface area (Å²) in [5.41, 5.74) is 3.54. The molecule has 0 aliphatic rings. The van der Waals surface area contributed by atoms with Crippen LogP contribution >= 0.6 is 0 Å². The van der Waals surface area contributed by atoms with Gasteiger partial charge in [0.1, 0.15) is 17.1 Å². The van der Waals surface area contributed by atoms with Crippen molar-refractivity contribution in [2.75, 3.05) is 11.9 Å². The van der Waals surface area contributed by atoms with E-state index in [0.29, 0.717) is 23.6 Å². The number of benzene rings is 2. The summed E-state index contributed by atoms with van der Waals surface area (Å²) in [6.45, 7) is 8.08. The molecule has 29 heavy (non-hydrogen) atoms. The van der Waals surface area contributed by atoms with Gasteiger partial charge in [0, 0.05) is 40.9 Å². The molecule has 0 fully saturated rings. The lowest BCUT2D eigenvalue weighted by Crippen LogP contribution is -2.09. The number of non-ortho nitro benzene ring substituents is 1. The van der Waals surface area contributed by atoms with E-state index in [0.717, 1.165) is 27.9 Å². The molecule has 0 saturated heterocycles. The number of ether oxygens (including phenoxy) is 1. The zero-order valence-corrected chi connectivity index (χ0v) is 16.7. The lowest BCUT2D eigenvalue weighted by Gasteiger charge is -2.11. The van der Waals surface area contributed by atoms with Crippen molar-refractivity contribution in [2.45, 2.75) is 27.7 Å². The largest absolute Gasteiger partial charge is 0.493 e. The average Bonchev–Trinajstić information content (AvgIpc) is 2.94. The molecule has 1 N–H and O–H groups in total. The van der Waals surface area contributed by atoms with Crippen LogP contribution in [0.2, 0.25) is 0 Å². The first kappa shape index (κ1) is 20.1. The van der Waals surface area contributed by atoms with Gasteiger partial charge in [-0.25, -0.2) is 0 Å². The molecule has 0 aliphatic heterocycles. The van der Waals surface area contributed by atoms with Crippen LogP contribution in [-0.2, 0) is 4.79 Å². The quantitative estimate of drug-likeness (QED) is 0.343. The third kappa shape index (κ3) is 4.29. The summed E-state index contributed by atoms with van der Waals surface area (Å²) in [6, 6.07) is 9.60. The van der Waals surface area contributed by atoms with Gasteiger partial charge in [0.2, 0.25) is 5.91 Å². The van der Waals surface area contributed by atoms with Crippen LogP contribution in [0.4, 0.5) is 11.4 Å². The van der Waals surface area contributed by atoms with Crippen molar-refractivity contribution in [3.05, 3.63) is 69.5 Å². The van der Waals surface area contributed by atoms with Gasteiger partial charge < -0.3 is 14.5 Å². The van der Waals surface area contributed by atoms with E-state index in [2.05, 4.69) is 5.32 Å². The molecule has 3 aromatic rings. The molecule has 7 heteroatoms. The summed E-state index contributed by atoms with van der Waals surface area (Å²) in [5.74, 6) is 1.08. The summed E-state index contributed by atoms with van der Waals surface area (Å²) < 4.78 is 11.5. The smallest absolute Gasteiger partial charge is 0.271 e. The van der Waals surface area contributed by atoms with Gasteiger partial charge in [-0.05, 0) is 51.0 Å². The normalized spacial score (nSPS) is 11.5. The summed E-state index contributed by atoms with van der Waals surface area (Å²) in [6.07, 6.45) is 1.45. The van der Waals surface area contributed by atoms with Crippen LogP contribution < -0.4 is 10.1 Å². The van der Waals surface area contributed by atoms with Crippen LogP contribution in [0.3, 0.4) is 0 Å². The Hall–Kier alpha value is -3.61. The molecule has 0 aliphatic carbocycles. The maximum absolute atomic E-state index is 12.5. The molecule has 0 bridgehead atoms. The number of aryl methyl sites for hydroxylation is 2. The number of rotatable bonds is 6. The predicted molar refractivity (Wildman–Crippen MR) is 112 cm³/mol. The first-order valence-electron chi connectivity index (χ1n) is 9.20. The number of fused-ring (bicyclic) bond motifs is 1. The van der Waals surface area contributed by atoms with E-state index in [1.54, 1.807) is 6.07 Å². The van der Waals surface area contributed by atoms with E-state index >= 15 is 0 Å². The molecule has 0 radical (unpaired) electrons. The molecule has 0 atom stereocenters. The van der Waals surface area contributed by atoms with E-state index in [1.807, 2.05) is 39.8 Å². The molecule has 1 aromatic heterocycles. The Labute approximate surface area is 168 Å². The molecular formula is C22H22N2O5. The monoisotopic (exact) mass is 394 g/mol. The number of allylic oxidation sites excluding steroid dienone is 1. The van der Waals surface area contributed by atoms with Gasteiger partial charge >= 0.3 is 0 Å². The molecule has 7 nitrogen and oxygen atoms in total. The molecular weight excluding hydrogens is 372 g/mol. The predicted octanol–water partition coefficient (Wildman–Crippen LogP) is 5.40. The molecule has 2 aromatic carbocycles. The Morgan fingerprint density at radius 1 is 1.28 bits per heavy atom. The van der Waals surface area contributed by atoms with Crippen LogP contribution in [0.25, 0.3) is 16.5 Å². The standard InChI is InChI=1S/C22H22N2O5/c1-5-28-20-12-21-19(14(3)15(4)29-21)11-18(20)13(2)9-22(25)23-16-7-6-8-17(10-16)24(26)27/h6-12H,5H2,1-4H3,(H,23,25)/b13-9+. The van der Waals surface area contributed by atoms with E-state index in [1.165, 1.54) is 24.3 Å². The first-order valence-corrected chi connectivity index (χ1v) is 9.20. The second kappa shape index (κ2) is 8.18. The van der Waals surface area contributed by atoms with Crippen molar-refractivity contribution < 1.29 is 18.9 Å². The highest BCUT2D eigenvalue weighted by molar-refractivity contribution is 6.04. The lowest BCUT2D eigenvalue weighted by atomic mass is 10.0. The van der Waals surface area contributed by atoms with Gasteiger partial charge in [-0.15, -0.1) is 0 Å². The Kier molecular flexibility index (Phi) is 5.68. The zero-order chi connectivity index (χ0) is 21.1. The molecule has 3 rings (SSSR count). The summed E-state index contributed by atoms with van der Waals surface area (Å²) >= 11 is 0. The maximum atomic E-state index is 12.5. The van der Waals surface area contributed by atoms with Crippen LogP contribution in [0, 0.1) is 24.0 Å². The molecule has 0 saturated carbocycles. The number of carbonyl (C=O) groups is 1. The molecule has 150 valence electrons. The van der Waals surface area contributed by atoms with Gasteiger partial charge in [0.25, 0.3) is 5.69 Å². The average molecular weight is 394 g/mol. The minimum Gasteiger partial charge on any atom is -0.493 e. The number of nitro groups is 1. The van der Waals surface area contributed by atoms with Crippen LogP contribution in [0.15, 0.2) is 46.9 Å². The van der Waals surface area contributed by atoms with Crippen LogP contribution in [-0.4, -0.2) is 17.4 Å². The number of anilines is 1. The zero-order valence-electron chi connectivity index (χ0n) is 16.7. The van der Waals surface area contributed by atoms with Crippen LogP contribution in [0.1, 0.15) is 30.7 Å². The van der Waals surface area contributed by atoms with E-state index < -0.39 is 4.92 Å². The second-order valence-corrected chi connectivity index (χ2v) is 6.68. The Bertz CT molecular complexity index is 1130. The van der Waals surface area contributed by atoms with Crippen molar-refractivity contribution in [1.82, 2.24) is 0 Å². The van der Waals surface area contributed by atoms with Gasteiger partial charge in [-0.1, -0.05) is 6.07 Å². The van der Waals surface area contributed by atoms with Crippen molar-refractivity contribution >= 4 is 33.8 Å². The van der Waals surface area contributed by atoms with Gasteiger partial charge in [-0.3, -0.25) is 14.9 Å². The van der Waals surface area contributed by atoms with Crippen molar-refractivity contribution in [1.29, 1.82) is 0 Å². The highest BCUT2D eigenvalue weighted by atomic mass is 16.6. The van der Waals surface area contributed by atoms with E-state index in [-0.39, 0.29) is 11.6 Å². The fraction of sp³-hybridized carbons (Fsp3) is 0.227. The number of furan rings is 1. The fourth-order valence-electron chi connectivity index (χ4n) is 3.10. The molecule has 0 spiro atoms. The first-order chi connectivity index (χ1) is 13.8. The Balaban J connectivity index is 1.93. The Morgan fingerprint density at radius 3 is 2.72 bits per heavy atom. The Morgan fingerprint density at radius 2 is 2.03 bits per heavy atom. The number of nitrogens with zero attached hydrogens (tertiary/aromatic N) is 1. The number of hydrogen-bond donors (Lipinski definition) is 1. The van der Waals surface area contributed by atoms with Crippen molar-refractivity contribution in [3.8, 4) is 5.75 Å². The maximum Gasteiger partial charge on any atom is 0.271 e. The highest BCUT2D eigenvalue weighted by Crippen LogP contribution is 2.35. The summed E-state index contributed by atoms with van der Waals surface area (Å²) in [4.78, 5) is 22.9. The van der Waals surface area contributed by atoms with Crippen LogP contribution in [0.5, 0.6) is 5.75 Å². The SMILES string of the molecule is CCOc1cc2oc(C)c(C)c2cc1/C(C)=C/C(=O)Nc1cccc([N+](=O)[O-])c1. The topological polar surface area (TPSA) is 94.6 Å². The summed E-state index contributed by atoms with van der Waals surface area (Å²) in [5, 5.41) is 14.5. The number of hydrogen-bond acceptors (Lipinski definition) is 5. The number of nitro benzene ring substituents is 1. The van der Waals surface area contributed by atoms with Gasteiger partial charge in [0.15, 0.2) is 0 Å². The van der Waals surface area contributed by atoms with E-state index in [4.69, 9.17) is 9.15 Å². The second-order valence-electron chi connectivity index (χ2n) is 6.68. The minimum absolute atomic E-state index is 0.0848. The molecule has 1 heterocycles. The van der Waals surface area contributed by atoms with Crippen molar-refractivity contribution in [3.63, 3.8) is 0 Å². The van der Waals surface area contributed by atoms with Gasteiger partial charge in [-0.2, -0.15) is 0 Å². The molecule has 1 amide bonds. The lowest BCUT2D eigenvalue weighted by molar-refractivity contribution is -0.384. The highest BCUT2D eigenvalue weighted by Gasteiger charge is 2.15. The summed E-state index contributed by atoms with van der Waals surface area (Å²) in [7, 11) is 0. The fourth-order valence-corrected chi connectivity index (χ4v) is 3.10.